The molecule has 1 saturated heterocycles. The number of pyridine rings is 1. The average Bonchev–Trinajstić information content (AvgIpc) is 3.16. The van der Waals surface area contributed by atoms with Gasteiger partial charge < -0.3 is 20.9 Å². The number of nitrogens with one attached hydrogen (secondary N) is 3. The van der Waals surface area contributed by atoms with Crippen molar-refractivity contribution in [3.8, 4) is 11.3 Å². The third kappa shape index (κ3) is 9.75. The molecular weight excluding hydrogens is 624 g/mol. The van der Waals surface area contributed by atoms with E-state index in [0.29, 0.717) is 23.1 Å². The van der Waals surface area contributed by atoms with Crippen molar-refractivity contribution < 1.29 is 4.79 Å². The van der Waals surface area contributed by atoms with Crippen molar-refractivity contribution in [1.29, 1.82) is 0 Å². The Hall–Kier alpha value is -6.04. The number of hydrogen-bond acceptors (Lipinski definition) is 10. The molecule has 3 aromatic carbocycles. The van der Waals surface area contributed by atoms with E-state index in [1.807, 2.05) is 97.9 Å². The Labute approximate surface area is 292 Å². The van der Waals surface area contributed by atoms with Gasteiger partial charge in [0.2, 0.25) is 11.9 Å². The van der Waals surface area contributed by atoms with Crippen LogP contribution < -0.4 is 16.0 Å². The summed E-state index contributed by atoms with van der Waals surface area (Å²) in [6.45, 7) is 7.24. The highest BCUT2D eigenvalue weighted by molar-refractivity contribution is 6.04. The van der Waals surface area contributed by atoms with E-state index < -0.39 is 0 Å². The van der Waals surface area contributed by atoms with Gasteiger partial charge in [-0.15, -0.1) is 0 Å². The predicted octanol–water partition coefficient (Wildman–Crippen LogP) is 6.81. The average molecular weight is 665 g/mol. The van der Waals surface area contributed by atoms with Crippen LogP contribution in [0.15, 0.2) is 128 Å². The van der Waals surface area contributed by atoms with Crippen LogP contribution in [0.1, 0.15) is 21.5 Å². The van der Waals surface area contributed by atoms with E-state index in [2.05, 4.69) is 57.7 Å². The fourth-order valence-corrected chi connectivity index (χ4v) is 5.29. The van der Waals surface area contributed by atoms with Gasteiger partial charge in [0.1, 0.15) is 0 Å². The predicted molar refractivity (Wildman–Crippen MR) is 199 cm³/mol. The molecule has 1 aliphatic heterocycles. The Balaban J connectivity index is 0.000000278. The van der Waals surface area contributed by atoms with E-state index in [-0.39, 0.29) is 5.91 Å². The first kappa shape index (κ1) is 33.8. The van der Waals surface area contributed by atoms with E-state index in [1.165, 1.54) is 5.56 Å². The van der Waals surface area contributed by atoms with Crippen molar-refractivity contribution in [3.05, 3.63) is 145 Å². The Morgan fingerprint density at radius 1 is 0.720 bits per heavy atom. The minimum atomic E-state index is -0.143. The highest BCUT2D eigenvalue weighted by Crippen LogP contribution is 2.25. The maximum atomic E-state index is 12.9. The van der Waals surface area contributed by atoms with Crippen molar-refractivity contribution in [2.75, 3.05) is 49.2 Å². The van der Waals surface area contributed by atoms with Gasteiger partial charge in [-0.05, 0) is 85.8 Å². The van der Waals surface area contributed by atoms with Gasteiger partial charge in [-0.3, -0.25) is 14.7 Å². The quantitative estimate of drug-likeness (QED) is 0.152. The number of aryl methyl sites for hydroxylation is 1. The van der Waals surface area contributed by atoms with Gasteiger partial charge >= 0.3 is 0 Å². The summed E-state index contributed by atoms with van der Waals surface area (Å²) in [5.74, 6) is 0.952. The lowest BCUT2D eigenvalue weighted by atomic mass is 10.1. The van der Waals surface area contributed by atoms with Gasteiger partial charge in [-0.2, -0.15) is 0 Å². The molecule has 1 amide bonds. The van der Waals surface area contributed by atoms with Crippen LogP contribution in [0.4, 0.5) is 29.0 Å². The van der Waals surface area contributed by atoms with Crippen molar-refractivity contribution >= 4 is 34.9 Å². The first-order valence-electron chi connectivity index (χ1n) is 16.5. The number of carbonyl (C=O) groups is 1. The van der Waals surface area contributed by atoms with Gasteiger partial charge in [0.05, 0.1) is 5.69 Å². The number of amides is 1. The zero-order chi connectivity index (χ0) is 34.5. The van der Waals surface area contributed by atoms with Crippen LogP contribution in [0.25, 0.3) is 11.3 Å². The van der Waals surface area contributed by atoms with Crippen LogP contribution >= 0.6 is 0 Å². The van der Waals surface area contributed by atoms with Gasteiger partial charge in [-0.25, -0.2) is 19.9 Å². The normalized spacial score (nSPS) is 13.1. The number of piperazine rings is 1. The molecule has 1 aliphatic rings. The zero-order valence-corrected chi connectivity index (χ0v) is 28.2. The molecule has 6 aromatic rings. The smallest absolute Gasteiger partial charge is 0.255 e. The second-order valence-corrected chi connectivity index (χ2v) is 12.0. The van der Waals surface area contributed by atoms with Crippen LogP contribution in [0, 0.1) is 6.92 Å². The van der Waals surface area contributed by atoms with Crippen LogP contribution in [-0.2, 0) is 6.54 Å². The Morgan fingerprint density at radius 3 is 2.22 bits per heavy atom. The summed E-state index contributed by atoms with van der Waals surface area (Å²) >= 11 is 0. The molecule has 0 radical (unpaired) electrons. The van der Waals surface area contributed by atoms with Gasteiger partial charge in [0.15, 0.2) is 0 Å². The van der Waals surface area contributed by atoms with E-state index in [0.717, 1.165) is 60.9 Å². The van der Waals surface area contributed by atoms with Gasteiger partial charge in [0, 0.05) is 91.9 Å². The first-order chi connectivity index (χ1) is 24.5. The fourth-order valence-electron chi connectivity index (χ4n) is 5.29. The monoisotopic (exact) mass is 664 g/mol. The number of anilines is 5. The highest BCUT2D eigenvalue weighted by atomic mass is 16.1. The molecule has 0 atom stereocenters. The molecule has 0 spiro atoms. The Kier molecular flexibility index (Phi) is 11.4. The summed E-state index contributed by atoms with van der Waals surface area (Å²) in [7, 11) is 2.16. The standard InChI is InChI=1S/C29H31N7O.C10H9N3/c1-21-5-10-25(18-27(21)34-29-31-13-11-26(33-29)24-4-3-12-30-19-24)32-28(37)23-8-6-22(7-9-23)20-36-16-14-35(2)15-17-36;1-2-5-9(6-3-1)13-10-11-7-4-8-12-10/h3-13,18-19H,14-17,20H2,1-2H3,(H,32,37)(H,31,33,34);1-8H,(H,11,12,13). The summed E-state index contributed by atoms with van der Waals surface area (Å²) in [5, 5.41) is 9.38. The largest absolute Gasteiger partial charge is 0.324 e. The minimum absolute atomic E-state index is 0.143. The third-order valence-corrected chi connectivity index (χ3v) is 8.17. The number of aromatic nitrogens is 5. The SMILES string of the molecule is Cc1ccc(NC(=O)c2ccc(CN3CCN(C)CC3)cc2)cc1Nc1nccc(-c2cccnc2)n1.c1ccc(Nc2ncccn2)cc1. The second kappa shape index (κ2) is 16.9. The number of benzene rings is 3. The maximum Gasteiger partial charge on any atom is 0.255 e. The van der Waals surface area contributed by atoms with Crippen LogP contribution in [0.5, 0.6) is 0 Å². The zero-order valence-electron chi connectivity index (χ0n) is 28.2. The van der Waals surface area contributed by atoms with E-state index >= 15 is 0 Å². The molecule has 0 aliphatic carbocycles. The van der Waals surface area contributed by atoms with Crippen LogP contribution in [0.2, 0.25) is 0 Å². The third-order valence-electron chi connectivity index (χ3n) is 8.17. The number of likely N-dealkylation sites (N-methyl/N-ethyl adjacent to an activating group) is 1. The van der Waals surface area contributed by atoms with Crippen LogP contribution in [0.3, 0.4) is 0 Å². The topological polar surface area (TPSA) is 124 Å². The molecule has 0 unspecified atom stereocenters. The Bertz CT molecular complexity index is 1910. The molecular formula is C39H40N10O. The molecule has 7 rings (SSSR count). The molecule has 252 valence electrons. The summed E-state index contributed by atoms with van der Waals surface area (Å²) in [4.78, 5) is 39.0. The van der Waals surface area contributed by atoms with Crippen molar-refractivity contribution in [3.63, 3.8) is 0 Å². The first-order valence-corrected chi connectivity index (χ1v) is 16.5. The summed E-state index contributed by atoms with van der Waals surface area (Å²) in [6, 6.07) is 30.9. The number of nitrogens with zero attached hydrogens (tertiary/aromatic N) is 7. The van der Waals surface area contributed by atoms with Crippen LogP contribution in [-0.4, -0.2) is 73.9 Å². The summed E-state index contributed by atoms with van der Waals surface area (Å²) in [6.07, 6.45) is 8.63. The van der Waals surface area contributed by atoms with Crippen molar-refractivity contribution in [2.24, 2.45) is 0 Å². The lowest BCUT2D eigenvalue weighted by molar-refractivity contribution is 0.102. The molecule has 4 heterocycles. The summed E-state index contributed by atoms with van der Waals surface area (Å²) < 4.78 is 0. The molecule has 3 aromatic heterocycles. The van der Waals surface area contributed by atoms with E-state index in [9.17, 15) is 4.79 Å². The lowest BCUT2D eigenvalue weighted by Crippen LogP contribution is -2.43. The number of hydrogen-bond donors (Lipinski definition) is 3. The lowest BCUT2D eigenvalue weighted by Gasteiger charge is -2.32. The molecule has 0 bridgehead atoms. The van der Waals surface area contributed by atoms with E-state index in [1.54, 1.807) is 37.1 Å². The second-order valence-electron chi connectivity index (χ2n) is 12.0. The number of carbonyl (C=O) groups excluding carboxylic acids is 1. The molecule has 3 N–H and O–H groups in total. The molecule has 11 nitrogen and oxygen atoms in total. The maximum absolute atomic E-state index is 12.9. The number of rotatable bonds is 9. The highest BCUT2D eigenvalue weighted by Gasteiger charge is 2.14. The van der Waals surface area contributed by atoms with Crippen molar-refractivity contribution in [2.45, 2.75) is 13.5 Å². The van der Waals surface area contributed by atoms with E-state index in [4.69, 9.17) is 0 Å². The molecule has 1 fully saturated rings. The molecule has 50 heavy (non-hydrogen) atoms. The van der Waals surface area contributed by atoms with Gasteiger partial charge in [-0.1, -0.05) is 36.4 Å². The Morgan fingerprint density at radius 2 is 1.48 bits per heavy atom. The van der Waals surface area contributed by atoms with Crippen molar-refractivity contribution in [1.82, 2.24) is 34.7 Å². The molecule has 11 heteroatoms. The summed E-state index contributed by atoms with van der Waals surface area (Å²) in [5.41, 5.74) is 7.08. The minimum Gasteiger partial charge on any atom is -0.324 e. The number of para-hydroxylation sites is 1. The van der Waals surface area contributed by atoms with Gasteiger partial charge in [0.25, 0.3) is 5.91 Å². The molecule has 0 saturated carbocycles. The fraction of sp³-hybridized carbons (Fsp3) is 0.179.